The van der Waals surface area contributed by atoms with Crippen LogP contribution in [0, 0.1) is 0 Å². The Kier molecular flexibility index (Phi) is 4.92. The molecule has 0 amide bonds. The number of rotatable bonds is 2. The van der Waals surface area contributed by atoms with Crippen molar-refractivity contribution < 1.29 is 49.6 Å². The molecule has 40 heavy (non-hydrogen) atoms. The van der Waals surface area contributed by atoms with E-state index in [-0.39, 0.29) is 63.5 Å². The quantitative estimate of drug-likeness (QED) is 0.163. The lowest BCUT2D eigenvalue weighted by atomic mass is 9.72. The van der Waals surface area contributed by atoms with Gasteiger partial charge in [0.25, 0.3) is 0 Å². The Bertz CT molecular complexity index is 1700. The monoisotopic (exact) mass is 542 g/mol. The molecule has 0 radical (unpaired) electrons. The van der Waals surface area contributed by atoms with Gasteiger partial charge in [-0.25, -0.2) is 4.79 Å². The third kappa shape index (κ3) is 3.23. The van der Waals surface area contributed by atoms with Crippen LogP contribution in [0.4, 0.5) is 0 Å². The highest BCUT2D eigenvalue weighted by Gasteiger charge is 2.63. The van der Waals surface area contributed by atoms with Gasteiger partial charge in [0, 0.05) is 46.9 Å². The van der Waals surface area contributed by atoms with Crippen molar-refractivity contribution in [3.8, 4) is 46.0 Å². The Morgan fingerprint density at radius 1 is 0.750 bits per heavy atom. The maximum absolute atomic E-state index is 13.8. The summed E-state index contributed by atoms with van der Waals surface area (Å²) in [6.45, 7) is 0. The number of phenols is 5. The number of hydrogen-bond acceptors (Lipinski definition) is 10. The first kappa shape index (κ1) is 24.0. The number of carbonyl (C=O) groups is 1. The Hall–Kier alpha value is -5.09. The molecule has 202 valence electrons. The molecular weight excluding hydrogens is 520 g/mol. The van der Waals surface area contributed by atoms with Gasteiger partial charge < -0.3 is 44.8 Å². The molecule has 0 bridgehead atoms. The predicted octanol–water partition coefficient (Wildman–Crippen LogP) is 3.59. The van der Waals surface area contributed by atoms with Crippen LogP contribution in [0.3, 0.4) is 0 Å². The number of ether oxygens (including phenoxy) is 3. The van der Waals surface area contributed by atoms with Crippen LogP contribution in [0.1, 0.15) is 39.8 Å². The molecule has 0 aromatic heterocycles. The van der Waals surface area contributed by atoms with E-state index in [0.717, 1.165) is 6.07 Å². The normalized spacial score (nSPS) is 24.0. The fourth-order valence-corrected chi connectivity index (χ4v) is 5.99. The van der Waals surface area contributed by atoms with E-state index >= 15 is 0 Å². The van der Waals surface area contributed by atoms with Crippen molar-refractivity contribution in [2.24, 2.45) is 0 Å². The van der Waals surface area contributed by atoms with Gasteiger partial charge in [-0.15, -0.1) is 0 Å². The van der Waals surface area contributed by atoms with Crippen molar-refractivity contribution in [3.63, 3.8) is 0 Å². The fraction of sp³-hybridized carbons (Fsp3) is 0.167. The number of phenolic OH excluding ortho intramolecular Hbond substituents is 5. The molecule has 4 atom stereocenters. The number of esters is 1. The Balaban J connectivity index is 1.50. The van der Waals surface area contributed by atoms with Crippen LogP contribution in [-0.4, -0.2) is 42.7 Å². The molecular formula is C30H22O10. The highest BCUT2D eigenvalue weighted by atomic mass is 16.6. The van der Waals surface area contributed by atoms with Crippen LogP contribution in [0.2, 0.25) is 0 Å². The molecule has 4 aromatic carbocycles. The molecule has 7 rings (SSSR count). The van der Waals surface area contributed by atoms with Crippen LogP contribution in [0.5, 0.6) is 46.0 Å². The van der Waals surface area contributed by atoms with Crippen LogP contribution >= 0.6 is 0 Å². The summed E-state index contributed by atoms with van der Waals surface area (Å²) in [5.41, 5.74) is -0.276. The molecule has 3 aliphatic rings. The SMILES string of the molecule is O=C1Oc2cc(O)cc(O)c2[C@H]2c3c(cc(O)c4c3O[C@H](c3ccc(O)cc3)[C@H](O)C4)O[C@@]12c1ccc(O)cc1. The second-order valence-corrected chi connectivity index (χ2v) is 10.1. The first-order valence-corrected chi connectivity index (χ1v) is 12.5. The van der Waals surface area contributed by atoms with Crippen molar-refractivity contribution in [1.29, 1.82) is 0 Å². The van der Waals surface area contributed by atoms with Gasteiger partial charge in [-0.05, 0) is 29.8 Å². The number of aliphatic hydroxyl groups is 1. The standard InChI is InChI=1S/C30H22O10/c31-15-5-1-13(2-6-15)27-21(36)11-18-19(34)12-23-25(28(18)39-27)26-24-20(35)9-17(33)10-22(24)38-29(37)30(26,40-23)14-3-7-16(32)8-4-14/h1-10,12,21,26-27,31-36H,11H2/t21-,26+,27-,30-/m1/s1. The lowest BCUT2D eigenvalue weighted by molar-refractivity contribution is -0.155. The van der Waals surface area contributed by atoms with Gasteiger partial charge in [0.15, 0.2) is 0 Å². The summed E-state index contributed by atoms with van der Waals surface area (Å²) in [6, 6.07) is 15.6. The molecule has 0 saturated heterocycles. The maximum Gasteiger partial charge on any atom is 0.361 e. The third-order valence-corrected chi connectivity index (χ3v) is 7.75. The number of fused-ring (bicyclic) bond motifs is 7. The van der Waals surface area contributed by atoms with Gasteiger partial charge >= 0.3 is 5.97 Å². The van der Waals surface area contributed by atoms with Crippen LogP contribution in [0.15, 0.2) is 66.7 Å². The first-order valence-electron chi connectivity index (χ1n) is 12.5. The second-order valence-electron chi connectivity index (χ2n) is 10.1. The van der Waals surface area contributed by atoms with Crippen molar-refractivity contribution in [1.82, 2.24) is 0 Å². The minimum atomic E-state index is -1.90. The van der Waals surface area contributed by atoms with Crippen LogP contribution in [0.25, 0.3) is 0 Å². The minimum Gasteiger partial charge on any atom is -0.508 e. The van der Waals surface area contributed by atoms with E-state index in [4.69, 9.17) is 14.2 Å². The first-order chi connectivity index (χ1) is 19.2. The van der Waals surface area contributed by atoms with Gasteiger partial charge in [-0.1, -0.05) is 24.3 Å². The van der Waals surface area contributed by atoms with Gasteiger partial charge in [0.2, 0.25) is 5.60 Å². The van der Waals surface area contributed by atoms with Crippen molar-refractivity contribution in [2.75, 3.05) is 0 Å². The number of carbonyl (C=O) groups excluding carboxylic acids is 1. The summed E-state index contributed by atoms with van der Waals surface area (Å²) in [6.07, 6.45) is -1.96. The Morgan fingerprint density at radius 2 is 1.43 bits per heavy atom. The number of hydrogen-bond donors (Lipinski definition) is 6. The number of aromatic hydroxyl groups is 5. The zero-order chi connectivity index (χ0) is 27.9. The maximum atomic E-state index is 13.8. The van der Waals surface area contributed by atoms with E-state index in [0.29, 0.717) is 16.7 Å². The zero-order valence-electron chi connectivity index (χ0n) is 20.6. The number of benzene rings is 4. The lowest BCUT2D eigenvalue weighted by Crippen LogP contribution is -2.49. The molecule has 10 heteroatoms. The largest absolute Gasteiger partial charge is 0.508 e. The zero-order valence-corrected chi connectivity index (χ0v) is 20.6. The minimum absolute atomic E-state index is 0.00220. The number of aliphatic hydroxyl groups excluding tert-OH is 1. The van der Waals surface area contributed by atoms with E-state index in [1.165, 1.54) is 48.5 Å². The molecule has 3 heterocycles. The molecule has 0 fully saturated rings. The molecule has 3 aliphatic heterocycles. The summed E-state index contributed by atoms with van der Waals surface area (Å²) < 4.78 is 18.3. The second kappa shape index (κ2) is 8.20. The molecule has 0 saturated carbocycles. The van der Waals surface area contributed by atoms with Gasteiger partial charge in [0.05, 0.1) is 12.0 Å². The smallest absolute Gasteiger partial charge is 0.361 e. The van der Waals surface area contributed by atoms with Crippen LogP contribution in [-0.2, 0) is 16.8 Å². The summed E-state index contributed by atoms with van der Waals surface area (Å²) >= 11 is 0. The van der Waals surface area contributed by atoms with E-state index in [2.05, 4.69) is 0 Å². The van der Waals surface area contributed by atoms with E-state index < -0.39 is 29.7 Å². The van der Waals surface area contributed by atoms with Crippen molar-refractivity contribution >= 4 is 5.97 Å². The van der Waals surface area contributed by atoms with Gasteiger partial charge in [-0.3, -0.25) is 0 Å². The topological polar surface area (TPSA) is 166 Å². The fourth-order valence-electron chi connectivity index (χ4n) is 5.99. The molecule has 10 nitrogen and oxygen atoms in total. The average Bonchev–Trinajstić information content (AvgIpc) is 3.25. The lowest BCUT2D eigenvalue weighted by Gasteiger charge is -2.38. The van der Waals surface area contributed by atoms with E-state index in [1.807, 2.05) is 0 Å². The molecule has 6 N–H and O–H groups in total. The Morgan fingerprint density at radius 3 is 2.12 bits per heavy atom. The highest BCUT2D eigenvalue weighted by molar-refractivity contribution is 5.92. The highest BCUT2D eigenvalue weighted by Crippen LogP contribution is 2.64. The van der Waals surface area contributed by atoms with Crippen molar-refractivity contribution in [3.05, 3.63) is 94.5 Å². The Labute approximate surface area is 226 Å². The third-order valence-electron chi connectivity index (χ3n) is 7.75. The molecule has 0 unspecified atom stereocenters. The molecule has 0 aliphatic carbocycles. The van der Waals surface area contributed by atoms with E-state index in [1.54, 1.807) is 12.1 Å². The molecule has 0 spiro atoms. The van der Waals surface area contributed by atoms with Crippen molar-refractivity contribution in [2.45, 2.75) is 30.1 Å². The summed E-state index contributed by atoms with van der Waals surface area (Å²) in [5.74, 6) is -2.66. The molecule has 4 aromatic rings. The van der Waals surface area contributed by atoms with Crippen LogP contribution < -0.4 is 14.2 Å². The summed E-state index contributed by atoms with van der Waals surface area (Å²) in [5, 5.41) is 62.8. The summed E-state index contributed by atoms with van der Waals surface area (Å²) in [7, 11) is 0. The van der Waals surface area contributed by atoms with Gasteiger partial charge in [-0.2, -0.15) is 0 Å². The average molecular weight is 542 g/mol. The summed E-state index contributed by atoms with van der Waals surface area (Å²) in [4.78, 5) is 13.8. The predicted molar refractivity (Wildman–Crippen MR) is 137 cm³/mol. The van der Waals surface area contributed by atoms with Gasteiger partial charge in [0.1, 0.15) is 52.1 Å². The van der Waals surface area contributed by atoms with E-state index in [9.17, 15) is 35.4 Å².